The van der Waals surface area contributed by atoms with Gasteiger partial charge in [-0.2, -0.15) is 5.10 Å². The highest BCUT2D eigenvalue weighted by atomic mass is 35.5. The van der Waals surface area contributed by atoms with Crippen molar-refractivity contribution in [3.8, 4) is 0 Å². The van der Waals surface area contributed by atoms with E-state index in [0.717, 1.165) is 35.8 Å². The lowest BCUT2D eigenvalue weighted by Gasteiger charge is -2.14. The minimum atomic E-state index is 0.128. The summed E-state index contributed by atoms with van der Waals surface area (Å²) in [6.45, 7) is 2.96. The van der Waals surface area contributed by atoms with Crippen molar-refractivity contribution < 1.29 is 5.11 Å². The average molecular weight is 280 g/mol. The van der Waals surface area contributed by atoms with E-state index >= 15 is 0 Å². The summed E-state index contributed by atoms with van der Waals surface area (Å²) in [5.41, 5.74) is 1.13. The monoisotopic (exact) mass is 279 g/mol. The fourth-order valence-electron chi connectivity index (χ4n) is 2.17. The summed E-state index contributed by atoms with van der Waals surface area (Å²) < 4.78 is 1.86. The van der Waals surface area contributed by atoms with E-state index in [1.165, 1.54) is 0 Å². The van der Waals surface area contributed by atoms with Crippen LogP contribution < -0.4 is 0 Å². The molecule has 1 N–H and O–H groups in total. The number of aryl methyl sites for hydroxylation is 1. The number of hydrogen-bond donors (Lipinski definition) is 1. The standard InChI is InChI=1S/C14H18ClN3O/c1-2-18-14(16-10-17-18)8-12(9-19)6-11-4-3-5-13(15)7-11/h3-5,7,10,12,19H,2,6,8-9H2,1H3. The minimum Gasteiger partial charge on any atom is -0.396 e. The van der Waals surface area contributed by atoms with Crippen molar-refractivity contribution in [2.45, 2.75) is 26.3 Å². The lowest BCUT2D eigenvalue weighted by Crippen LogP contribution is -2.16. The van der Waals surface area contributed by atoms with Gasteiger partial charge in [0.2, 0.25) is 0 Å². The van der Waals surface area contributed by atoms with E-state index in [1.54, 1.807) is 6.33 Å². The molecule has 0 fully saturated rings. The van der Waals surface area contributed by atoms with Crippen molar-refractivity contribution in [3.63, 3.8) is 0 Å². The molecule has 2 rings (SSSR count). The van der Waals surface area contributed by atoms with Gasteiger partial charge in [-0.3, -0.25) is 4.68 Å². The van der Waals surface area contributed by atoms with Gasteiger partial charge in [0.25, 0.3) is 0 Å². The lowest BCUT2D eigenvalue weighted by molar-refractivity contribution is 0.222. The summed E-state index contributed by atoms with van der Waals surface area (Å²) in [7, 11) is 0. The molecule has 1 heterocycles. The first kappa shape index (κ1) is 14.0. The first-order chi connectivity index (χ1) is 9.22. The Morgan fingerprint density at radius 3 is 2.89 bits per heavy atom. The SMILES string of the molecule is CCn1ncnc1CC(CO)Cc1cccc(Cl)c1. The predicted molar refractivity (Wildman–Crippen MR) is 75.1 cm³/mol. The molecule has 0 aliphatic carbocycles. The molecular weight excluding hydrogens is 262 g/mol. The Morgan fingerprint density at radius 2 is 2.21 bits per heavy atom. The maximum Gasteiger partial charge on any atom is 0.138 e. The smallest absolute Gasteiger partial charge is 0.138 e. The Kier molecular flexibility index (Phi) is 4.93. The first-order valence-electron chi connectivity index (χ1n) is 6.45. The third-order valence-corrected chi connectivity index (χ3v) is 3.37. The number of aliphatic hydroxyl groups excluding tert-OH is 1. The maximum absolute atomic E-state index is 9.53. The van der Waals surface area contributed by atoms with E-state index in [4.69, 9.17) is 11.6 Å². The molecule has 102 valence electrons. The van der Waals surface area contributed by atoms with Gasteiger partial charge in [0.1, 0.15) is 12.2 Å². The quantitative estimate of drug-likeness (QED) is 0.883. The number of benzene rings is 1. The number of nitrogens with zero attached hydrogens (tertiary/aromatic N) is 3. The molecule has 2 aromatic rings. The molecule has 0 bridgehead atoms. The Balaban J connectivity index is 2.04. The number of hydrogen-bond acceptors (Lipinski definition) is 3. The van der Waals surface area contributed by atoms with Gasteiger partial charge in [-0.25, -0.2) is 4.98 Å². The third-order valence-electron chi connectivity index (χ3n) is 3.14. The summed E-state index contributed by atoms with van der Waals surface area (Å²) in [6.07, 6.45) is 3.07. The zero-order valence-corrected chi connectivity index (χ0v) is 11.7. The maximum atomic E-state index is 9.53. The molecule has 1 aromatic heterocycles. The Hall–Kier alpha value is -1.39. The second-order valence-electron chi connectivity index (χ2n) is 4.58. The average Bonchev–Trinajstić information content (AvgIpc) is 2.85. The summed E-state index contributed by atoms with van der Waals surface area (Å²) in [5.74, 6) is 1.05. The van der Waals surface area contributed by atoms with E-state index in [-0.39, 0.29) is 12.5 Å². The van der Waals surface area contributed by atoms with Crippen LogP contribution in [0.4, 0.5) is 0 Å². The van der Waals surface area contributed by atoms with Gasteiger partial charge in [0.05, 0.1) is 0 Å². The van der Waals surface area contributed by atoms with Gasteiger partial charge in [-0.05, 0) is 37.0 Å². The van der Waals surface area contributed by atoms with Crippen LogP contribution in [0, 0.1) is 5.92 Å². The molecule has 0 saturated heterocycles. The van der Waals surface area contributed by atoms with Crippen molar-refractivity contribution in [3.05, 3.63) is 47.0 Å². The van der Waals surface area contributed by atoms with Crippen LogP contribution in [0.5, 0.6) is 0 Å². The molecule has 0 saturated carbocycles. The molecule has 0 aliphatic heterocycles. The van der Waals surface area contributed by atoms with E-state index in [2.05, 4.69) is 10.1 Å². The van der Waals surface area contributed by atoms with Crippen LogP contribution >= 0.6 is 11.6 Å². The van der Waals surface area contributed by atoms with Crippen LogP contribution in [0.2, 0.25) is 5.02 Å². The fourth-order valence-corrected chi connectivity index (χ4v) is 2.38. The summed E-state index contributed by atoms with van der Waals surface area (Å²) >= 11 is 5.97. The molecule has 1 atom stereocenters. The minimum absolute atomic E-state index is 0.128. The van der Waals surface area contributed by atoms with E-state index in [9.17, 15) is 5.11 Å². The summed E-state index contributed by atoms with van der Waals surface area (Å²) in [4.78, 5) is 4.25. The molecule has 0 amide bonds. The van der Waals surface area contributed by atoms with Crippen LogP contribution in [0.1, 0.15) is 18.3 Å². The predicted octanol–water partition coefficient (Wildman–Crippen LogP) is 2.35. The summed E-state index contributed by atoms with van der Waals surface area (Å²) in [6, 6.07) is 7.75. The molecule has 0 spiro atoms. The topological polar surface area (TPSA) is 50.9 Å². The Morgan fingerprint density at radius 1 is 1.37 bits per heavy atom. The van der Waals surface area contributed by atoms with Gasteiger partial charge in [0, 0.05) is 24.6 Å². The van der Waals surface area contributed by atoms with E-state index in [0.29, 0.717) is 0 Å². The summed E-state index contributed by atoms with van der Waals surface area (Å²) in [5, 5.41) is 14.4. The van der Waals surface area contributed by atoms with Crippen LogP contribution in [0.25, 0.3) is 0 Å². The number of halogens is 1. The molecule has 0 radical (unpaired) electrons. The van der Waals surface area contributed by atoms with Crippen molar-refractivity contribution in [1.82, 2.24) is 14.8 Å². The Labute approximate surface area is 118 Å². The van der Waals surface area contributed by atoms with Gasteiger partial charge >= 0.3 is 0 Å². The van der Waals surface area contributed by atoms with E-state index in [1.807, 2.05) is 35.9 Å². The molecular formula is C14H18ClN3O. The molecule has 4 nitrogen and oxygen atoms in total. The lowest BCUT2D eigenvalue weighted by atomic mass is 9.96. The van der Waals surface area contributed by atoms with Crippen LogP contribution in [0.15, 0.2) is 30.6 Å². The zero-order chi connectivity index (χ0) is 13.7. The molecule has 1 unspecified atom stereocenters. The first-order valence-corrected chi connectivity index (χ1v) is 6.82. The van der Waals surface area contributed by atoms with Crippen molar-refractivity contribution in [2.75, 3.05) is 6.61 Å². The number of aromatic nitrogens is 3. The van der Waals surface area contributed by atoms with Crippen molar-refractivity contribution >= 4 is 11.6 Å². The van der Waals surface area contributed by atoms with E-state index < -0.39 is 0 Å². The van der Waals surface area contributed by atoms with Crippen LogP contribution in [-0.2, 0) is 19.4 Å². The number of rotatable bonds is 6. The second kappa shape index (κ2) is 6.68. The van der Waals surface area contributed by atoms with Crippen molar-refractivity contribution in [2.24, 2.45) is 5.92 Å². The molecule has 19 heavy (non-hydrogen) atoms. The van der Waals surface area contributed by atoms with Gasteiger partial charge in [-0.1, -0.05) is 23.7 Å². The molecule has 0 aliphatic rings. The van der Waals surface area contributed by atoms with Gasteiger partial charge in [-0.15, -0.1) is 0 Å². The van der Waals surface area contributed by atoms with Crippen molar-refractivity contribution in [1.29, 1.82) is 0 Å². The van der Waals surface area contributed by atoms with Gasteiger partial charge < -0.3 is 5.11 Å². The van der Waals surface area contributed by atoms with Crippen LogP contribution in [-0.4, -0.2) is 26.5 Å². The second-order valence-corrected chi connectivity index (χ2v) is 5.02. The molecule has 1 aromatic carbocycles. The van der Waals surface area contributed by atoms with Gasteiger partial charge in [0.15, 0.2) is 0 Å². The fraction of sp³-hybridized carbons (Fsp3) is 0.429. The Bertz CT molecular complexity index is 527. The highest BCUT2D eigenvalue weighted by Crippen LogP contribution is 2.16. The van der Waals surface area contributed by atoms with Crippen LogP contribution in [0.3, 0.4) is 0 Å². The normalized spacial score (nSPS) is 12.6. The molecule has 5 heteroatoms. The third kappa shape index (κ3) is 3.78. The number of aliphatic hydroxyl groups is 1. The zero-order valence-electron chi connectivity index (χ0n) is 11.0. The largest absolute Gasteiger partial charge is 0.396 e. The highest BCUT2D eigenvalue weighted by molar-refractivity contribution is 6.30. The highest BCUT2D eigenvalue weighted by Gasteiger charge is 2.13.